The molecule has 2 heterocycles. The van der Waals surface area contributed by atoms with Gasteiger partial charge in [-0.3, -0.25) is 5.10 Å². The van der Waals surface area contributed by atoms with Crippen LogP contribution in [-0.4, -0.2) is 15.2 Å². The maximum atomic E-state index is 13.8. The van der Waals surface area contributed by atoms with Crippen molar-refractivity contribution < 1.29 is 4.39 Å². The van der Waals surface area contributed by atoms with Gasteiger partial charge in [0.25, 0.3) is 0 Å². The number of aryl methyl sites for hydroxylation is 1. The van der Waals surface area contributed by atoms with E-state index in [1.54, 1.807) is 18.3 Å². The second kappa shape index (κ2) is 4.24. The van der Waals surface area contributed by atoms with Gasteiger partial charge in [0.05, 0.1) is 11.9 Å². The third-order valence-corrected chi connectivity index (χ3v) is 2.83. The molecular formula is C13H12FN5. The van der Waals surface area contributed by atoms with E-state index in [-0.39, 0.29) is 5.82 Å². The Morgan fingerprint density at radius 3 is 3.00 bits per heavy atom. The van der Waals surface area contributed by atoms with Gasteiger partial charge in [-0.25, -0.2) is 9.37 Å². The number of hydrogen-bond acceptors (Lipinski definition) is 4. The van der Waals surface area contributed by atoms with Crippen LogP contribution in [0.4, 0.5) is 21.6 Å². The van der Waals surface area contributed by atoms with Gasteiger partial charge in [0.1, 0.15) is 5.52 Å². The van der Waals surface area contributed by atoms with Crippen LogP contribution in [0.2, 0.25) is 0 Å². The van der Waals surface area contributed by atoms with Crippen molar-refractivity contribution >= 4 is 28.1 Å². The lowest BCUT2D eigenvalue weighted by molar-refractivity contribution is 0.637. The van der Waals surface area contributed by atoms with Gasteiger partial charge >= 0.3 is 0 Å². The summed E-state index contributed by atoms with van der Waals surface area (Å²) in [5.74, 6) is 0.144. The fraction of sp³-hybridized carbons (Fsp3) is 0.0769. The van der Waals surface area contributed by atoms with Crippen LogP contribution in [0.1, 0.15) is 5.69 Å². The monoisotopic (exact) mass is 257 g/mol. The number of hydrogen-bond donors (Lipinski definition) is 3. The Labute approximate surface area is 108 Å². The molecule has 6 heteroatoms. The molecule has 0 aliphatic heterocycles. The number of nitrogen functional groups attached to an aromatic ring is 1. The van der Waals surface area contributed by atoms with Crippen molar-refractivity contribution in [1.29, 1.82) is 0 Å². The lowest BCUT2D eigenvalue weighted by Crippen LogP contribution is -2.00. The van der Waals surface area contributed by atoms with E-state index in [4.69, 9.17) is 5.73 Å². The second-order valence-electron chi connectivity index (χ2n) is 4.31. The summed E-state index contributed by atoms with van der Waals surface area (Å²) < 4.78 is 13.8. The molecule has 0 radical (unpaired) electrons. The third kappa shape index (κ3) is 2.08. The SMILES string of the molecule is Cc1ccc(N)c(Nc2cc(F)c3[nH]ncc3c2)n1. The number of aromatic nitrogens is 3. The maximum absolute atomic E-state index is 13.8. The van der Waals surface area contributed by atoms with E-state index in [1.165, 1.54) is 6.07 Å². The number of H-pyrrole nitrogens is 1. The van der Waals surface area contributed by atoms with Gasteiger partial charge < -0.3 is 11.1 Å². The number of halogens is 1. The normalized spacial score (nSPS) is 10.8. The van der Waals surface area contributed by atoms with Crippen LogP contribution in [0.15, 0.2) is 30.5 Å². The predicted molar refractivity (Wildman–Crippen MR) is 72.7 cm³/mol. The van der Waals surface area contributed by atoms with Crippen LogP contribution in [0.5, 0.6) is 0 Å². The van der Waals surface area contributed by atoms with E-state index in [9.17, 15) is 4.39 Å². The molecule has 0 aliphatic carbocycles. The number of nitrogens with one attached hydrogen (secondary N) is 2. The van der Waals surface area contributed by atoms with Crippen LogP contribution >= 0.6 is 0 Å². The predicted octanol–water partition coefficient (Wildman–Crippen LogP) is 2.73. The van der Waals surface area contributed by atoms with Crippen LogP contribution in [0, 0.1) is 12.7 Å². The highest BCUT2D eigenvalue weighted by molar-refractivity contribution is 5.84. The van der Waals surface area contributed by atoms with Gasteiger partial charge in [0.15, 0.2) is 11.6 Å². The van der Waals surface area contributed by atoms with E-state index in [2.05, 4.69) is 20.5 Å². The molecule has 0 aliphatic rings. The number of fused-ring (bicyclic) bond motifs is 1. The van der Waals surface area contributed by atoms with Crippen molar-refractivity contribution in [2.24, 2.45) is 0 Å². The zero-order chi connectivity index (χ0) is 13.4. The summed E-state index contributed by atoms with van der Waals surface area (Å²) in [6.07, 6.45) is 1.57. The molecule has 1 aromatic carbocycles. The Balaban J connectivity index is 2.03. The molecule has 5 nitrogen and oxygen atoms in total. The van der Waals surface area contributed by atoms with E-state index in [1.807, 2.05) is 13.0 Å². The number of rotatable bonds is 2. The fourth-order valence-corrected chi connectivity index (χ4v) is 1.89. The van der Waals surface area contributed by atoms with Gasteiger partial charge in [-0.1, -0.05) is 0 Å². The van der Waals surface area contributed by atoms with E-state index < -0.39 is 0 Å². The lowest BCUT2D eigenvalue weighted by Gasteiger charge is -2.09. The highest BCUT2D eigenvalue weighted by Crippen LogP contribution is 2.25. The third-order valence-electron chi connectivity index (χ3n) is 2.83. The molecule has 19 heavy (non-hydrogen) atoms. The highest BCUT2D eigenvalue weighted by atomic mass is 19.1. The summed E-state index contributed by atoms with van der Waals surface area (Å²) in [6, 6.07) is 6.74. The highest BCUT2D eigenvalue weighted by Gasteiger charge is 2.07. The van der Waals surface area contributed by atoms with Gasteiger partial charge in [-0.2, -0.15) is 5.10 Å². The molecule has 3 rings (SSSR count). The Kier molecular flexibility index (Phi) is 2.56. The smallest absolute Gasteiger partial charge is 0.153 e. The van der Waals surface area contributed by atoms with E-state index >= 15 is 0 Å². The Bertz CT molecular complexity index is 750. The number of pyridine rings is 1. The summed E-state index contributed by atoms with van der Waals surface area (Å²) in [5, 5.41) is 10.1. The summed E-state index contributed by atoms with van der Waals surface area (Å²) in [7, 11) is 0. The molecule has 3 aromatic rings. The zero-order valence-electron chi connectivity index (χ0n) is 10.2. The van der Waals surface area contributed by atoms with Crippen molar-refractivity contribution in [3.8, 4) is 0 Å². The van der Waals surface area contributed by atoms with Crippen LogP contribution < -0.4 is 11.1 Å². The minimum absolute atomic E-state index is 0.372. The van der Waals surface area contributed by atoms with Crippen LogP contribution in [0.25, 0.3) is 10.9 Å². The van der Waals surface area contributed by atoms with Crippen molar-refractivity contribution in [2.45, 2.75) is 6.92 Å². The van der Waals surface area contributed by atoms with Gasteiger partial charge in [0, 0.05) is 16.8 Å². The van der Waals surface area contributed by atoms with Crippen molar-refractivity contribution in [1.82, 2.24) is 15.2 Å². The quantitative estimate of drug-likeness (QED) is 0.659. The average molecular weight is 257 g/mol. The first-order valence-electron chi connectivity index (χ1n) is 5.76. The lowest BCUT2D eigenvalue weighted by atomic mass is 10.2. The average Bonchev–Trinajstić information content (AvgIpc) is 2.82. The summed E-state index contributed by atoms with van der Waals surface area (Å²) in [4.78, 5) is 4.28. The number of benzene rings is 1. The zero-order valence-corrected chi connectivity index (χ0v) is 10.2. The Hall–Kier alpha value is -2.63. The number of nitrogens with two attached hydrogens (primary N) is 1. The molecule has 0 unspecified atom stereocenters. The molecule has 2 aromatic heterocycles. The van der Waals surface area contributed by atoms with Gasteiger partial charge in [-0.05, 0) is 31.2 Å². The molecule has 0 saturated carbocycles. The van der Waals surface area contributed by atoms with Crippen molar-refractivity contribution in [3.63, 3.8) is 0 Å². The summed E-state index contributed by atoms with van der Waals surface area (Å²) in [6.45, 7) is 1.87. The topological polar surface area (TPSA) is 79.6 Å². The van der Waals surface area contributed by atoms with Gasteiger partial charge in [0.2, 0.25) is 0 Å². The number of anilines is 3. The first kappa shape index (κ1) is 11.5. The fourth-order valence-electron chi connectivity index (χ4n) is 1.89. The molecule has 4 N–H and O–H groups in total. The Morgan fingerprint density at radius 1 is 1.32 bits per heavy atom. The summed E-state index contributed by atoms with van der Waals surface area (Å²) >= 11 is 0. The van der Waals surface area contributed by atoms with Gasteiger partial charge in [-0.15, -0.1) is 0 Å². The molecular weight excluding hydrogens is 245 g/mol. The molecule has 0 amide bonds. The van der Waals surface area contributed by atoms with E-state index in [0.29, 0.717) is 28.1 Å². The maximum Gasteiger partial charge on any atom is 0.153 e. The molecule has 96 valence electrons. The Morgan fingerprint density at radius 2 is 2.16 bits per heavy atom. The first-order chi connectivity index (χ1) is 9.13. The standard InChI is InChI=1S/C13H12FN5/c1-7-2-3-11(15)13(17-7)18-9-4-8-6-16-19-12(8)10(14)5-9/h2-6H,15H2,1H3,(H,16,19)(H,17,18). The van der Waals surface area contributed by atoms with Crippen LogP contribution in [-0.2, 0) is 0 Å². The number of aromatic amines is 1. The van der Waals surface area contributed by atoms with E-state index in [0.717, 1.165) is 5.69 Å². The minimum Gasteiger partial charge on any atom is -0.396 e. The molecule has 0 saturated heterocycles. The molecule has 0 bridgehead atoms. The van der Waals surface area contributed by atoms with Crippen LogP contribution in [0.3, 0.4) is 0 Å². The van der Waals surface area contributed by atoms with Crippen molar-refractivity contribution in [2.75, 3.05) is 11.1 Å². The van der Waals surface area contributed by atoms with Crippen molar-refractivity contribution in [3.05, 3.63) is 42.0 Å². The molecule has 0 atom stereocenters. The molecule has 0 fully saturated rings. The molecule has 0 spiro atoms. The first-order valence-corrected chi connectivity index (χ1v) is 5.76. The largest absolute Gasteiger partial charge is 0.396 e. The second-order valence-corrected chi connectivity index (χ2v) is 4.31. The minimum atomic E-state index is -0.372. The number of nitrogens with zero attached hydrogens (tertiary/aromatic N) is 2. The summed E-state index contributed by atoms with van der Waals surface area (Å²) in [5.41, 5.74) is 8.14.